The number of aliphatic hydroxyl groups is 2. The Bertz CT molecular complexity index is 1160. The number of rotatable bonds is 7. The van der Waals surface area contributed by atoms with Crippen LogP contribution >= 0.6 is 11.6 Å². The Morgan fingerprint density at radius 3 is 2.54 bits per heavy atom. The van der Waals surface area contributed by atoms with Gasteiger partial charge in [0, 0.05) is 35.3 Å². The largest absolute Gasteiger partial charge is 0.486 e. The molecule has 7 nitrogen and oxygen atoms in total. The number of carbonyl (C=O) groups is 2. The van der Waals surface area contributed by atoms with Gasteiger partial charge in [-0.25, -0.2) is 0 Å². The monoisotopic (exact) mass is 496 g/mol. The highest BCUT2D eigenvalue weighted by atomic mass is 35.5. The summed E-state index contributed by atoms with van der Waals surface area (Å²) < 4.78 is 6.12. The van der Waals surface area contributed by atoms with Crippen molar-refractivity contribution in [3.63, 3.8) is 0 Å². The molecular formula is C27H29ClN2O5. The SMILES string of the molecule is CC(C)=CC(=O)N(Cc1ccc(Cl)cc1)C1C=C(C(=O)NCCO)C2c3ccccc3OC2C1O. The molecule has 0 radical (unpaired) electrons. The molecule has 4 atom stereocenters. The quantitative estimate of drug-likeness (QED) is 0.512. The number of amides is 2. The van der Waals surface area contributed by atoms with Crippen molar-refractivity contribution in [2.75, 3.05) is 13.2 Å². The molecule has 2 aromatic carbocycles. The van der Waals surface area contributed by atoms with E-state index in [0.29, 0.717) is 16.3 Å². The third-order valence-electron chi connectivity index (χ3n) is 6.20. The van der Waals surface area contributed by atoms with Gasteiger partial charge in [0.15, 0.2) is 0 Å². The molecule has 2 amide bonds. The van der Waals surface area contributed by atoms with E-state index in [2.05, 4.69) is 5.32 Å². The molecule has 2 aliphatic rings. The molecule has 4 unspecified atom stereocenters. The zero-order valence-corrected chi connectivity index (χ0v) is 20.4. The number of hydrogen-bond donors (Lipinski definition) is 3. The Morgan fingerprint density at radius 1 is 1.14 bits per heavy atom. The van der Waals surface area contributed by atoms with Crippen molar-refractivity contribution in [3.8, 4) is 5.75 Å². The van der Waals surface area contributed by atoms with Crippen molar-refractivity contribution in [1.29, 1.82) is 0 Å². The van der Waals surface area contributed by atoms with Crippen molar-refractivity contribution in [2.45, 2.75) is 44.6 Å². The first kappa shape index (κ1) is 25.0. The number of carbonyl (C=O) groups excluding carboxylic acids is 2. The van der Waals surface area contributed by atoms with E-state index in [1.54, 1.807) is 29.2 Å². The van der Waals surface area contributed by atoms with Crippen LogP contribution in [-0.2, 0) is 16.1 Å². The summed E-state index contributed by atoms with van der Waals surface area (Å²) in [4.78, 5) is 28.1. The van der Waals surface area contributed by atoms with Crippen LogP contribution in [0.25, 0.3) is 0 Å². The van der Waals surface area contributed by atoms with Gasteiger partial charge in [-0.3, -0.25) is 9.59 Å². The average Bonchev–Trinajstić information content (AvgIpc) is 3.22. The first-order chi connectivity index (χ1) is 16.8. The van der Waals surface area contributed by atoms with E-state index in [4.69, 9.17) is 16.3 Å². The zero-order valence-electron chi connectivity index (χ0n) is 19.6. The highest BCUT2D eigenvalue weighted by molar-refractivity contribution is 6.30. The number of ether oxygens (including phenoxy) is 1. The Balaban J connectivity index is 1.77. The smallest absolute Gasteiger partial charge is 0.247 e. The van der Waals surface area contributed by atoms with Gasteiger partial charge < -0.3 is 25.2 Å². The number of allylic oxidation sites excluding steroid dienone is 1. The summed E-state index contributed by atoms with van der Waals surface area (Å²) in [5.41, 5.74) is 2.85. The minimum atomic E-state index is -1.08. The molecule has 184 valence electrons. The molecule has 0 bridgehead atoms. The Hall–Kier alpha value is -3.13. The number of fused-ring (bicyclic) bond motifs is 3. The fourth-order valence-electron chi connectivity index (χ4n) is 4.64. The molecule has 0 spiro atoms. The maximum absolute atomic E-state index is 13.3. The number of nitrogens with zero attached hydrogens (tertiary/aromatic N) is 1. The first-order valence-electron chi connectivity index (χ1n) is 11.5. The van der Waals surface area contributed by atoms with E-state index >= 15 is 0 Å². The Labute approximate surface area is 209 Å². The summed E-state index contributed by atoms with van der Waals surface area (Å²) in [6.45, 7) is 3.74. The molecule has 4 rings (SSSR count). The van der Waals surface area contributed by atoms with Crippen LogP contribution in [0, 0.1) is 0 Å². The number of nitrogens with one attached hydrogen (secondary N) is 1. The lowest BCUT2D eigenvalue weighted by molar-refractivity contribution is -0.133. The van der Waals surface area contributed by atoms with Gasteiger partial charge in [0.2, 0.25) is 11.8 Å². The third kappa shape index (κ3) is 5.27. The van der Waals surface area contributed by atoms with Crippen LogP contribution in [0.4, 0.5) is 0 Å². The average molecular weight is 497 g/mol. The molecule has 0 saturated heterocycles. The van der Waals surface area contributed by atoms with E-state index in [9.17, 15) is 19.8 Å². The fourth-order valence-corrected chi connectivity index (χ4v) is 4.76. The van der Waals surface area contributed by atoms with Crippen LogP contribution in [0.5, 0.6) is 5.75 Å². The zero-order chi connectivity index (χ0) is 25.1. The van der Waals surface area contributed by atoms with Gasteiger partial charge in [0.25, 0.3) is 0 Å². The molecular weight excluding hydrogens is 468 g/mol. The van der Waals surface area contributed by atoms with E-state index in [0.717, 1.165) is 16.7 Å². The molecule has 35 heavy (non-hydrogen) atoms. The van der Waals surface area contributed by atoms with Gasteiger partial charge in [-0.05, 0) is 43.7 Å². The van der Waals surface area contributed by atoms with E-state index in [1.807, 2.05) is 44.2 Å². The lowest BCUT2D eigenvalue weighted by atomic mass is 9.77. The van der Waals surface area contributed by atoms with Crippen LogP contribution in [0.1, 0.15) is 30.9 Å². The molecule has 1 aliphatic heterocycles. The minimum absolute atomic E-state index is 0.0917. The molecule has 8 heteroatoms. The molecule has 2 aromatic rings. The molecule has 3 N–H and O–H groups in total. The van der Waals surface area contributed by atoms with Crippen LogP contribution in [0.2, 0.25) is 5.02 Å². The van der Waals surface area contributed by atoms with Gasteiger partial charge in [-0.15, -0.1) is 0 Å². The van der Waals surface area contributed by atoms with Crippen molar-refractivity contribution in [3.05, 3.63) is 88.0 Å². The van der Waals surface area contributed by atoms with Gasteiger partial charge >= 0.3 is 0 Å². The van der Waals surface area contributed by atoms with Gasteiger partial charge in [0.1, 0.15) is 18.0 Å². The predicted molar refractivity (Wildman–Crippen MR) is 133 cm³/mol. The van der Waals surface area contributed by atoms with Crippen LogP contribution in [0.3, 0.4) is 0 Å². The van der Waals surface area contributed by atoms with Crippen molar-refractivity contribution >= 4 is 23.4 Å². The topological polar surface area (TPSA) is 99.1 Å². The van der Waals surface area contributed by atoms with E-state index in [1.165, 1.54) is 6.08 Å². The normalized spacial score (nSPS) is 22.3. The molecule has 0 aromatic heterocycles. The lowest BCUT2D eigenvalue weighted by Crippen LogP contribution is -2.55. The second-order valence-electron chi connectivity index (χ2n) is 8.99. The molecule has 0 saturated carbocycles. The van der Waals surface area contributed by atoms with Gasteiger partial charge in [0.05, 0.1) is 18.6 Å². The summed E-state index contributed by atoms with van der Waals surface area (Å²) in [5.74, 6) is -0.549. The summed E-state index contributed by atoms with van der Waals surface area (Å²) in [7, 11) is 0. The maximum atomic E-state index is 13.3. The number of benzene rings is 2. The van der Waals surface area contributed by atoms with Crippen LogP contribution in [0.15, 0.2) is 71.8 Å². The van der Waals surface area contributed by atoms with Crippen molar-refractivity contribution < 1.29 is 24.5 Å². The minimum Gasteiger partial charge on any atom is -0.486 e. The lowest BCUT2D eigenvalue weighted by Gasteiger charge is -2.40. The third-order valence-corrected chi connectivity index (χ3v) is 6.45. The second kappa shape index (κ2) is 10.6. The highest BCUT2D eigenvalue weighted by Crippen LogP contribution is 2.47. The van der Waals surface area contributed by atoms with Crippen LogP contribution < -0.4 is 10.1 Å². The summed E-state index contributed by atoms with van der Waals surface area (Å²) in [5, 5.41) is 24.0. The predicted octanol–water partition coefficient (Wildman–Crippen LogP) is 2.96. The van der Waals surface area contributed by atoms with E-state index in [-0.39, 0.29) is 31.5 Å². The second-order valence-corrected chi connectivity index (χ2v) is 9.43. The Kier molecular flexibility index (Phi) is 7.60. The Morgan fingerprint density at radius 2 is 1.86 bits per heavy atom. The summed E-state index contributed by atoms with van der Waals surface area (Å²) >= 11 is 6.03. The number of aliphatic hydroxyl groups excluding tert-OH is 2. The van der Waals surface area contributed by atoms with E-state index < -0.39 is 24.2 Å². The molecule has 1 aliphatic carbocycles. The maximum Gasteiger partial charge on any atom is 0.247 e. The van der Waals surface area contributed by atoms with Crippen LogP contribution in [-0.4, -0.2) is 58.3 Å². The van der Waals surface area contributed by atoms with Crippen molar-refractivity contribution in [2.24, 2.45) is 0 Å². The number of halogens is 1. The molecule has 0 fully saturated rings. The fraction of sp³-hybridized carbons (Fsp3) is 0.333. The summed E-state index contributed by atoms with van der Waals surface area (Å²) in [6.07, 6.45) is 1.35. The summed E-state index contributed by atoms with van der Waals surface area (Å²) in [6, 6.07) is 13.7. The number of para-hydroxylation sites is 1. The molecule has 1 heterocycles. The van der Waals surface area contributed by atoms with Crippen molar-refractivity contribution in [1.82, 2.24) is 10.2 Å². The van der Waals surface area contributed by atoms with Gasteiger partial charge in [-0.2, -0.15) is 0 Å². The number of hydrogen-bond acceptors (Lipinski definition) is 5. The van der Waals surface area contributed by atoms with Gasteiger partial charge in [-0.1, -0.05) is 47.5 Å². The first-order valence-corrected chi connectivity index (χ1v) is 11.9. The highest BCUT2D eigenvalue weighted by Gasteiger charge is 2.50. The standard InChI is InChI=1S/C27H29ClN2O5/c1-16(2)13-23(32)30(15-17-7-9-18(28)10-8-17)21-14-20(27(34)29-11-12-31)24-19-5-3-4-6-22(19)35-26(24)25(21)33/h3-10,13-14,21,24-26,31,33H,11-12,15H2,1-2H3,(H,29,34).